The maximum Gasteiger partial charge on any atom is 0.433 e. The van der Waals surface area contributed by atoms with E-state index in [0.717, 1.165) is 29.4 Å². The van der Waals surface area contributed by atoms with Crippen molar-refractivity contribution in [3.63, 3.8) is 0 Å². The van der Waals surface area contributed by atoms with Gasteiger partial charge in [-0.05, 0) is 25.1 Å². The van der Waals surface area contributed by atoms with E-state index in [1.165, 1.54) is 6.20 Å². The number of nitrogens with one attached hydrogen (secondary N) is 1. The van der Waals surface area contributed by atoms with Crippen molar-refractivity contribution in [2.75, 3.05) is 5.32 Å². The Morgan fingerprint density at radius 3 is 2.58 bits per heavy atom. The van der Waals surface area contributed by atoms with Crippen molar-refractivity contribution < 1.29 is 18.0 Å². The lowest BCUT2D eigenvalue weighted by molar-refractivity contribution is -0.141. The molecule has 0 aromatic carbocycles. The fourth-order valence-corrected chi connectivity index (χ4v) is 2.28. The van der Waals surface area contributed by atoms with Crippen LogP contribution in [0.3, 0.4) is 0 Å². The van der Waals surface area contributed by atoms with Crippen molar-refractivity contribution in [2.45, 2.75) is 13.1 Å². The number of amides is 1. The third-order valence-electron chi connectivity index (χ3n) is 3.44. The monoisotopic (exact) mass is 335 g/mol. The molecule has 0 fully saturated rings. The molecule has 6 nitrogen and oxygen atoms in total. The van der Waals surface area contributed by atoms with E-state index >= 15 is 0 Å². The Balaban J connectivity index is 1.83. The summed E-state index contributed by atoms with van der Waals surface area (Å²) in [5.74, 6) is -0.570. The number of carbonyl (C=O) groups excluding carboxylic acids is 1. The number of aryl methyl sites for hydroxylation is 2. The fraction of sp³-hybridized carbons (Fsp3) is 0.200. The predicted octanol–water partition coefficient (Wildman–Crippen LogP) is 2.94. The summed E-state index contributed by atoms with van der Waals surface area (Å²) in [6.07, 6.45) is -2.19. The van der Waals surface area contributed by atoms with Gasteiger partial charge in [-0.3, -0.25) is 14.5 Å². The molecule has 3 heterocycles. The van der Waals surface area contributed by atoms with Crippen LogP contribution in [0.2, 0.25) is 0 Å². The Hall–Kier alpha value is -2.97. The van der Waals surface area contributed by atoms with Crippen molar-refractivity contribution in [2.24, 2.45) is 7.05 Å². The lowest BCUT2D eigenvalue weighted by Gasteiger charge is -2.07. The first kappa shape index (κ1) is 15.9. The molecule has 0 saturated carbocycles. The van der Waals surface area contributed by atoms with Crippen LogP contribution in [-0.4, -0.2) is 25.7 Å². The molecule has 24 heavy (non-hydrogen) atoms. The van der Waals surface area contributed by atoms with Crippen molar-refractivity contribution in [1.29, 1.82) is 0 Å². The van der Waals surface area contributed by atoms with Crippen molar-refractivity contribution in [1.82, 2.24) is 19.7 Å². The zero-order chi connectivity index (χ0) is 17.5. The maximum absolute atomic E-state index is 12.5. The molecule has 0 radical (unpaired) electrons. The van der Waals surface area contributed by atoms with E-state index in [1.807, 2.05) is 6.92 Å². The zero-order valence-corrected chi connectivity index (χ0v) is 12.7. The summed E-state index contributed by atoms with van der Waals surface area (Å²) < 4.78 is 39.1. The number of hydrogen-bond donors (Lipinski definition) is 1. The Kier molecular flexibility index (Phi) is 3.70. The van der Waals surface area contributed by atoms with Gasteiger partial charge in [0.15, 0.2) is 5.65 Å². The molecule has 0 saturated heterocycles. The molecule has 124 valence electrons. The Labute approximate surface area is 134 Å². The first-order valence-electron chi connectivity index (χ1n) is 6.89. The molecule has 9 heteroatoms. The summed E-state index contributed by atoms with van der Waals surface area (Å²) in [5.41, 5.74) is 0.816. The van der Waals surface area contributed by atoms with Crippen LogP contribution >= 0.6 is 0 Å². The van der Waals surface area contributed by atoms with Gasteiger partial charge in [-0.15, -0.1) is 0 Å². The SMILES string of the molecule is Cc1nn(C)c2ncc(NC(=O)c3ccc(C(F)(F)F)nc3)cc12. The van der Waals surface area contributed by atoms with Gasteiger partial charge in [-0.2, -0.15) is 18.3 Å². The zero-order valence-electron chi connectivity index (χ0n) is 12.7. The minimum Gasteiger partial charge on any atom is -0.321 e. The van der Waals surface area contributed by atoms with Crippen molar-refractivity contribution in [3.05, 3.63) is 47.5 Å². The van der Waals surface area contributed by atoms with E-state index < -0.39 is 17.8 Å². The van der Waals surface area contributed by atoms with Gasteiger partial charge in [0.1, 0.15) is 5.69 Å². The van der Waals surface area contributed by atoms with Gasteiger partial charge in [0.2, 0.25) is 0 Å². The van der Waals surface area contributed by atoms with Crippen LogP contribution in [0.5, 0.6) is 0 Å². The van der Waals surface area contributed by atoms with Crippen LogP contribution in [-0.2, 0) is 13.2 Å². The molecule has 0 unspecified atom stereocenters. The van der Waals surface area contributed by atoms with Gasteiger partial charge in [-0.1, -0.05) is 0 Å². The summed E-state index contributed by atoms with van der Waals surface area (Å²) in [4.78, 5) is 19.6. The third-order valence-corrected chi connectivity index (χ3v) is 3.44. The molecule has 3 rings (SSSR count). The molecule has 3 aromatic heterocycles. The Morgan fingerprint density at radius 2 is 1.96 bits per heavy atom. The lowest BCUT2D eigenvalue weighted by Crippen LogP contribution is -2.14. The predicted molar refractivity (Wildman–Crippen MR) is 80.4 cm³/mol. The van der Waals surface area contributed by atoms with Crippen LogP contribution in [0.4, 0.5) is 18.9 Å². The first-order valence-corrected chi connectivity index (χ1v) is 6.89. The second kappa shape index (κ2) is 5.59. The number of carbonyl (C=O) groups is 1. The number of aromatic nitrogens is 4. The number of halogens is 3. The molecule has 0 bridgehead atoms. The second-order valence-electron chi connectivity index (χ2n) is 5.19. The molecule has 0 atom stereocenters. The Bertz CT molecular complexity index is 915. The molecular formula is C15H12F3N5O. The normalized spacial score (nSPS) is 11.7. The van der Waals surface area contributed by atoms with Crippen molar-refractivity contribution >= 4 is 22.6 Å². The first-order chi connectivity index (χ1) is 11.3. The topological polar surface area (TPSA) is 72.7 Å². The van der Waals surface area contributed by atoms with Gasteiger partial charge in [0, 0.05) is 18.6 Å². The van der Waals surface area contributed by atoms with Crippen LogP contribution in [0.15, 0.2) is 30.6 Å². The summed E-state index contributed by atoms with van der Waals surface area (Å²) >= 11 is 0. The van der Waals surface area contributed by atoms with Gasteiger partial charge in [0.25, 0.3) is 5.91 Å². The van der Waals surface area contributed by atoms with Crippen molar-refractivity contribution in [3.8, 4) is 0 Å². The van der Waals surface area contributed by atoms with E-state index in [2.05, 4.69) is 20.4 Å². The van der Waals surface area contributed by atoms with E-state index in [4.69, 9.17) is 0 Å². The van der Waals surface area contributed by atoms with Gasteiger partial charge in [0.05, 0.1) is 23.1 Å². The summed E-state index contributed by atoms with van der Waals surface area (Å²) in [6.45, 7) is 1.81. The largest absolute Gasteiger partial charge is 0.433 e. The highest BCUT2D eigenvalue weighted by molar-refractivity contribution is 6.04. The minimum absolute atomic E-state index is 0.0194. The average Bonchev–Trinajstić information content (AvgIpc) is 2.81. The van der Waals surface area contributed by atoms with E-state index in [1.54, 1.807) is 17.8 Å². The summed E-state index contributed by atoms with van der Waals surface area (Å²) in [7, 11) is 1.76. The summed E-state index contributed by atoms with van der Waals surface area (Å²) in [6, 6.07) is 3.55. The Morgan fingerprint density at radius 1 is 1.21 bits per heavy atom. The maximum atomic E-state index is 12.5. The molecule has 0 aliphatic carbocycles. The number of pyridine rings is 2. The number of anilines is 1. The molecular weight excluding hydrogens is 323 g/mol. The van der Waals surface area contributed by atoms with E-state index in [-0.39, 0.29) is 5.56 Å². The smallest absolute Gasteiger partial charge is 0.321 e. The minimum atomic E-state index is -4.54. The van der Waals surface area contributed by atoms with Crippen LogP contribution in [0.25, 0.3) is 11.0 Å². The number of nitrogens with zero attached hydrogens (tertiary/aromatic N) is 4. The molecule has 0 aliphatic rings. The summed E-state index contributed by atoms with van der Waals surface area (Å²) in [5, 5.41) is 7.59. The highest BCUT2D eigenvalue weighted by Gasteiger charge is 2.32. The van der Waals surface area contributed by atoms with Gasteiger partial charge < -0.3 is 5.32 Å². The number of rotatable bonds is 2. The standard InChI is InChI=1S/C15H12F3N5O/c1-8-11-5-10(7-20-13(11)23(2)22-8)21-14(24)9-3-4-12(19-6-9)15(16,17)18/h3-7H,1-2H3,(H,21,24). The highest BCUT2D eigenvalue weighted by Crippen LogP contribution is 2.27. The van der Waals surface area contributed by atoms with E-state index in [0.29, 0.717) is 11.3 Å². The molecule has 1 N–H and O–H groups in total. The van der Waals surface area contributed by atoms with Gasteiger partial charge >= 0.3 is 6.18 Å². The number of fused-ring (bicyclic) bond motifs is 1. The third kappa shape index (κ3) is 2.92. The average molecular weight is 335 g/mol. The van der Waals surface area contributed by atoms with Crippen LogP contribution < -0.4 is 5.32 Å². The van der Waals surface area contributed by atoms with Crippen LogP contribution in [0.1, 0.15) is 21.7 Å². The number of alkyl halides is 3. The van der Waals surface area contributed by atoms with Crippen LogP contribution in [0, 0.1) is 6.92 Å². The highest BCUT2D eigenvalue weighted by atomic mass is 19.4. The lowest BCUT2D eigenvalue weighted by atomic mass is 10.2. The molecule has 0 spiro atoms. The molecule has 3 aromatic rings. The second-order valence-corrected chi connectivity index (χ2v) is 5.19. The molecule has 1 amide bonds. The number of hydrogen-bond acceptors (Lipinski definition) is 4. The quantitative estimate of drug-likeness (QED) is 0.781. The van der Waals surface area contributed by atoms with Gasteiger partial charge in [-0.25, -0.2) is 4.98 Å². The fourth-order valence-electron chi connectivity index (χ4n) is 2.28. The molecule has 0 aliphatic heterocycles. The van der Waals surface area contributed by atoms with E-state index in [9.17, 15) is 18.0 Å².